The average molecular weight is 232 g/mol. The molecule has 17 heavy (non-hydrogen) atoms. The molecule has 1 aliphatic rings. The largest absolute Gasteiger partial charge is 0.490 e. The lowest BCUT2D eigenvalue weighted by atomic mass is 9.82. The van der Waals surface area contributed by atoms with E-state index in [-0.39, 0.29) is 0 Å². The Morgan fingerprint density at radius 1 is 1.00 bits per heavy atom. The van der Waals surface area contributed by atoms with Gasteiger partial charge in [0.15, 0.2) is 0 Å². The normalized spacial score (nSPS) is 29.0. The molecular formula is C16H24O. The third-order valence-corrected chi connectivity index (χ3v) is 3.77. The Balaban J connectivity index is 1.95. The topological polar surface area (TPSA) is 9.23 Å². The zero-order valence-electron chi connectivity index (χ0n) is 11.3. The molecule has 94 valence electrons. The highest BCUT2D eigenvalue weighted by molar-refractivity contribution is 5.27. The summed E-state index contributed by atoms with van der Waals surface area (Å²) >= 11 is 0. The Labute approximate surface area is 105 Å². The van der Waals surface area contributed by atoms with Crippen molar-refractivity contribution in [1.82, 2.24) is 0 Å². The molecule has 0 bridgehead atoms. The molecule has 2 atom stereocenters. The van der Waals surface area contributed by atoms with Crippen molar-refractivity contribution in [1.29, 1.82) is 0 Å². The van der Waals surface area contributed by atoms with E-state index in [0.29, 0.717) is 6.10 Å². The van der Waals surface area contributed by atoms with Gasteiger partial charge in [-0.15, -0.1) is 0 Å². The quantitative estimate of drug-likeness (QED) is 0.748. The van der Waals surface area contributed by atoms with Crippen LogP contribution in [0.2, 0.25) is 0 Å². The van der Waals surface area contributed by atoms with Crippen LogP contribution in [0.15, 0.2) is 24.3 Å². The number of benzene rings is 1. The Kier molecular flexibility index (Phi) is 4.09. The smallest absolute Gasteiger partial charge is 0.119 e. The summed E-state index contributed by atoms with van der Waals surface area (Å²) in [7, 11) is 0. The molecular weight excluding hydrogens is 208 g/mol. The highest BCUT2D eigenvalue weighted by Crippen LogP contribution is 2.31. The molecule has 1 fully saturated rings. The molecule has 0 heterocycles. The van der Waals surface area contributed by atoms with Crippen LogP contribution in [0.5, 0.6) is 5.75 Å². The molecule has 1 aromatic carbocycles. The van der Waals surface area contributed by atoms with Crippen LogP contribution >= 0.6 is 0 Å². The number of aryl methyl sites for hydroxylation is 1. The Morgan fingerprint density at radius 2 is 1.59 bits per heavy atom. The minimum absolute atomic E-state index is 0.418. The van der Waals surface area contributed by atoms with Gasteiger partial charge in [0.1, 0.15) is 5.75 Å². The molecule has 1 aromatic rings. The first-order chi connectivity index (χ1) is 8.17. The van der Waals surface area contributed by atoms with Crippen molar-refractivity contribution in [3.8, 4) is 5.75 Å². The lowest BCUT2D eigenvalue weighted by Gasteiger charge is -2.31. The molecule has 1 aliphatic carbocycles. The van der Waals surface area contributed by atoms with Crippen molar-refractivity contribution in [2.45, 2.75) is 52.6 Å². The Hall–Kier alpha value is -0.980. The fourth-order valence-corrected chi connectivity index (χ4v) is 2.97. The van der Waals surface area contributed by atoms with E-state index in [9.17, 15) is 0 Å². The van der Waals surface area contributed by atoms with E-state index in [1.165, 1.54) is 24.8 Å². The van der Waals surface area contributed by atoms with E-state index in [2.05, 4.69) is 45.0 Å². The Bertz CT molecular complexity index is 331. The maximum absolute atomic E-state index is 6.10. The van der Waals surface area contributed by atoms with Gasteiger partial charge >= 0.3 is 0 Å². The number of hydrogen-bond acceptors (Lipinski definition) is 1. The van der Waals surface area contributed by atoms with Gasteiger partial charge in [0.2, 0.25) is 0 Å². The van der Waals surface area contributed by atoms with Crippen molar-refractivity contribution in [3.05, 3.63) is 29.8 Å². The first kappa shape index (κ1) is 12.5. The second kappa shape index (κ2) is 5.57. The van der Waals surface area contributed by atoms with Gasteiger partial charge in [-0.2, -0.15) is 0 Å². The second-order valence-corrected chi connectivity index (χ2v) is 5.65. The lowest BCUT2D eigenvalue weighted by molar-refractivity contribution is 0.101. The fourth-order valence-electron chi connectivity index (χ4n) is 2.97. The molecule has 0 N–H and O–H groups in total. The van der Waals surface area contributed by atoms with Crippen molar-refractivity contribution in [2.24, 2.45) is 11.8 Å². The molecule has 1 saturated carbocycles. The second-order valence-electron chi connectivity index (χ2n) is 5.65. The molecule has 1 nitrogen and oxygen atoms in total. The molecule has 0 aromatic heterocycles. The van der Waals surface area contributed by atoms with Gasteiger partial charge in [-0.25, -0.2) is 0 Å². The monoisotopic (exact) mass is 232 g/mol. The lowest BCUT2D eigenvalue weighted by Crippen LogP contribution is -2.28. The van der Waals surface area contributed by atoms with Gasteiger partial charge in [0.05, 0.1) is 6.10 Å². The number of rotatable bonds is 3. The zero-order valence-corrected chi connectivity index (χ0v) is 11.3. The minimum atomic E-state index is 0.418. The van der Waals surface area contributed by atoms with Gasteiger partial charge in [-0.3, -0.25) is 0 Å². The Morgan fingerprint density at radius 3 is 2.12 bits per heavy atom. The van der Waals surface area contributed by atoms with Crippen molar-refractivity contribution < 1.29 is 4.74 Å². The third kappa shape index (κ3) is 3.49. The van der Waals surface area contributed by atoms with E-state index in [0.717, 1.165) is 24.0 Å². The molecule has 0 radical (unpaired) electrons. The third-order valence-electron chi connectivity index (χ3n) is 3.77. The standard InChI is InChI=1S/C16H24O/c1-4-14-5-7-15(8-6-14)17-16-10-12(2)9-13(3)11-16/h5-8,12-13,16H,4,9-11H2,1-3H3. The van der Waals surface area contributed by atoms with Crippen LogP contribution in [0.1, 0.15) is 45.6 Å². The predicted octanol–water partition coefficient (Wildman–Crippen LogP) is 4.45. The first-order valence-corrected chi connectivity index (χ1v) is 6.93. The van der Waals surface area contributed by atoms with Gasteiger partial charge < -0.3 is 4.74 Å². The predicted molar refractivity (Wildman–Crippen MR) is 72.4 cm³/mol. The van der Waals surface area contributed by atoms with E-state index in [4.69, 9.17) is 4.74 Å². The van der Waals surface area contributed by atoms with Gasteiger partial charge in [-0.1, -0.05) is 32.9 Å². The summed E-state index contributed by atoms with van der Waals surface area (Å²) in [6.07, 6.45) is 5.29. The van der Waals surface area contributed by atoms with Crippen LogP contribution in [0.3, 0.4) is 0 Å². The van der Waals surface area contributed by atoms with Crippen LogP contribution in [-0.4, -0.2) is 6.10 Å². The van der Waals surface area contributed by atoms with Crippen molar-refractivity contribution in [3.63, 3.8) is 0 Å². The van der Waals surface area contributed by atoms with Gasteiger partial charge in [0.25, 0.3) is 0 Å². The molecule has 0 spiro atoms. The molecule has 1 heteroatoms. The highest BCUT2D eigenvalue weighted by Gasteiger charge is 2.25. The maximum Gasteiger partial charge on any atom is 0.119 e. The van der Waals surface area contributed by atoms with Gasteiger partial charge in [-0.05, 0) is 55.2 Å². The first-order valence-electron chi connectivity index (χ1n) is 6.93. The van der Waals surface area contributed by atoms with Crippen LogP contribution in [0.4, 0.5) is 0 Å². The summed E-state index contributed by atoms with van der Waals surface area (Å²) in [6, 6.07) is 8.57. The average Bonchev–Trinajstić information content (AvgIpc) is 2.28. The van der Waals surface area contributed by atoms with Crippen LogP contribution in [0.25, 0.3) is 0 Å². The molecule has 2 rings (SSSR count). The SMILES string of the molecule is CCc1ccc(OC2CC(C)CC(C)C2)cc1. The summed E-state index contributed by atoms with van der Waals surface area (Å²) in [5.74, 6) is 2.64. The van der Waals surface area contributed by atoms with E-state index in [1.54, 1.807) is 0 Å². The van der Waals surface area contributed by atoms with E-state index >= 15 is 0 Å². The zero-order chi connectivity index (χ0) is 12.3. The summed E-state index contributed by atoms with van der Waals surface area (Å²) in [5.41, 5.74) is 1.38. The van der Waals surface area contributed by atoms with Crippen molar-refractivity contribution in [2.75, 3.05) is 0 Å². The van der Waals surface area contributed by atoms with Crippen molar-refractivity contribution >= 4 is 0 Å². The van der Waals surface area contributed by atoms with E-state index < -0.39 is 0 Å². The van der Waals surface area contributed by atoms with E-state index in [1.807, 2.05) is 0 Å². The fraction of sp³-hybridized carbons (Fsp3) is 0.625. The summed E-state index contributed by atoms with van der Waals surface area (Å²) in [6.45, 7) is 6.86. The van der Waals surface area contributed by atoms with Crippen LogP contribution in [-0.2, 0) is 6.42 Å². The maximum atomic E-state index is 6.10. The number of hydrogen-bond donors (Lipinski definition) is 0. The molecule has 2 unspecified atom stereocenters. The molecule has 0 amide bonds. The van der Waals surface area contributed by atoms with Crippen LogP contribution < -0.4 is 4.74 Å². The minimum Gasteiger partial charge on any atom is -0.490 e. The summed E-state index contributed by atoms with van der Waals surface area (Å²) in [5, 5.41) is 0. The highest BCUT2D eigenvalue weighted by atomic mass is 16.5. The summed E-state index contributed by atoms with van der Waals surface area (Å²) < 4.78 is 6.10. The van der Waals surface area contributed by atoms with Crippen LogP contribution in [0, 0.1) is 11.8 Å². The molecule has 0 aliphatic heterocycles. The summed E-state index contributed by atoms with van der Waals surface area (Å²) in [4.78, 5) is 0. The van der Waals surface area contributed by atoms with Gasteiger partial charge in [0, 0.05) is 0 Å². The number of ether oxygens (including phenoxy) is 1. The molecule has 0 saturated heterocycles.